The maximum Gasteiger partial charge on any atom is 0.298 e. The second kappa shape index (κ2) is 5.70. The topological polar surface area (TPSA) is 99.9 Å². The summed E-state index contributed by atoms with van der Waals surface area (Å²) in [6.45, 7) is 0.446. The molecular formula is C11H11F2N5O2. The van der Waals surface area contributed by atoms with Gasteiger partial charge in [0.05, 0.1) is 16.8 Å². The van der Waals surface area contributed by atoms with Crippen LogP contribution < -0.4 is 5.73 Å². The van der Waals surface area contributed by atoms with E-state index in [4.69, 9.17) is 5.73 Å². The summed E-state index contributed by atoms with van der Waals surface area (Å²) in [7, 11) is 0. The molecule has 0 aliphatic rings. The number of aromatic nitrogens is 3. The second-order valence-electron chi connectivity index (χ2n) is 4.03. The summed E-state index contributed by atoms with van der Waals surface area (Å²) < 4.78 is 27.9. The van der Waals surface area contributed by atoms with Crippen LogP contribution in [0.15, 0.2) is 18.3 Å². The highest BCUT2D eigenvalue weighted by Crippen LogP contribution is 2.27. The van der Waals surface area contributed by atoms with E-state index in [1.807, 2.05) is 0 Å². The first-order valence-electron chi connectivity index (χ1n) is 5.78. The van der Waals surface area contributed by atoms with Crippen molar-refractivity contribution in [2.24, 2.45) is 5.73 Å². The Morgan fingerprint density at radius 3 is 2.80 bits per heavy atom. The maximum atomic E-state index is 13.8. The van der Waals surface area contributed by atoms with Crippen molar-refractivity contribution in [1.82, 2.24) is 15.0 Å². The Kier molecular flexibility index (Phi) is 3.99. The summed E-state index contributed by atoms with van der Waals surface area (Å²) in [5.74, 6) is -2.53. The third-order valence-electron chi connectivity index (χ3n) is 2.65. The van der Waals surface area contributed by atoms with E-state index in [0.29, 0.717) is 31.1 Å². The van der Waals surface area contributed by atoms with Crippen LogP contribution in [-0.4, -0.2) is 26.5 Å². The molecule has 1 heterocycles. The number of nitrogens with two attached hydrogens (primary N) is 1. The molecule has 7 nitrogen and oxygen atoms in total. The molecule has 1 aromatic heterocycles. The third kappa shape index (κ3) is 2.62. The number of halogens is 2. The highest BCUT2D eigenvalue weighted by atomic mass is 19.2. The number of hydrogen-bond acceptors (Lipinski definition) is 5. The average Bonchev–Trinajstić information content (AvgIpc) is 2.87. The lowest BCUT2D eigenvalue weighted by atomic mass is 10.2. The molecule has 9 heteroatoms. The molecule has 0 atom stereocenters. The first-order chi connectivity index (χ1) is 9.54. The minimum absolute atomic E-state index is 0.446. The molecule has 0 bridgehead atoms. The smallest absolute Gasteiger partial charge is 0.298 e. The number of nitro groups is 1. The van der Waals surface area contributed by atoms with Gasteiger partial charge in [0.1, 0.15) is 0 Å². The Morgan fingerprint density at radius 2 is 2.15 bits per heavy atom. The van der Waals surface area contributed by atoms with Crippen LogP contribution in [0.5, 0.6) is 0 Å². The van der Waals surface area contributed by atoms with Crippen molar-refractivity contribution >= 4 is 5.69 Å². The average molecular weight is 283 g/mol. The van der Waals surface area contributed by atoms with E-state index >= 15 is 0 Å². The van der Waals surface area contributed by atoms with Crippen molar-refractivity contribution in [3.63, 3.8) is 0 Å². The van der Waals surface area contributed by atoms with Gasteiger partial charge in [0.2, 0.25) is 0 Å². The van der Waals surface area contributed by atoms with Crippen LogP contribution in [0.1, 0.15) is 12.1 Å². The van der Waals surface area contributed by atoms with Gasteiger partial charge in [-0.1, -0.05) is 5.21 Å². The second-order valence-corrected chi connectivity index (χ2v) is 4.03. The molecule has 1 aromatic carbocycles. The summed E-state index contributed by atoms with van der Waals surface area (Å²) in [6, 6.07) is 1.58. The Bertz CT molecular complexity index is 644. The Labute approximate surface area is 112 Å². The molecule has 2 N–H and O–H groups in total. The van der Waals surface area contributed by atoms with Gasteiger partial charge >= 0.3 is 0 Å². The molecule has 2 rings (SSSR count). The van der Waals surface area contributed by atoms with Gasteiger partial charge in [-0.25, -0.2) is 13.5 Å². The largest absolute Gasteiger partial charge is 0.330 e. The van der Waals surface area contributed by atoms with Gasteiger partial charge < -0.3 is 5.73 Å². The molecule has 0 radical (unpaired) electrons. The van der Waals surface area contributed by atoms with Crippen LogP contribution in [0, 0.1) is 21.7 Å². The minimum Gasteiger partial charge on any atom is -0.330 e. The Morgan fingerprint density at radius 1 is 1.40 bits per heavy atom. The van der Waals surface area contributed by atoms with Gasteiger partial charge in [-0.05, 0) is 25.5 Å². The Balaban J connectivity index is 2.48. The van der Waals surface area contributed by atoms with Gasteiger partial charge in [0, 0.05) is 6.07 Å². The number of rotatable bonds is 5. The normalized spacial score (nSPS) is 10.8. The van der Waals surface area contributed by atoms with Gasteiger partial charge in [-0.3, -0.25) is 10.1 Å². The highest BCUT2D eigenvalue weighted by molar-refractivity contribution is 5.53. The van der Waals surface area contributed by atoms with Crippen LogP contribution in [-0.2, 0) is 6.42 Å². The third-order valence-corrected chi connectivity index (χ3v) is 2.65. The van der Waals surface area contributed by atoms with Crippen molar-refractivity contribution in [3.8, 4) is 5.69 Å². The van der Waals surface area contributed by atoms with Crippen molar-refractivity contribution in [3.05, 3.63) is 45.8 Å². The standard InChI is InChI=1S/C11H11F2N5O2/c12-8-3-4-9(18(19)20)11(10(8)13)17-6-7(15-16-17)2-1-5-14/h3-4,6H,1-2,5,14H2. The van der Waals surface area contributed by atoms with Crippen molar-refractivity contribution in [1.29, 1.82) is 0 Å². The number of aryl methyl sites for hydroxylation is 1. The van der Waals surface area contributed by atoms with Gasteiger partial charge in [0.15, 0.2) is 17.3 Å². The van der Waals surface area contributed by atoms with Crippen LogP contribution >= 0.6 is 0 Å². The molecule has 20 heavy (non-hydrogen) atoms. The quantitative estimate of drug-likeness (QED) is 0.659. The highest BCUT2D eigenvalue weighted by Gasteiger charge is 2.24. The van der Waals surface area contributed by atoms with Crippen molar-refractivity contribution in [2.75, 3.05) is 6.54 Å². The van der Waals surface area contributed by atoms with Crippen LogP contribution in [0.2, 0.25) is 0 Å². The van der Waals surface area contributed by atoms with Crippen molar-refractivity contribution in [2.45, 2.75) is 12.8 Å². The molecule has 0 amide bonds. The molecule has 0 saturated heterocycles. The predicted octanol–water partition coefficient (Wildman–Crippen LogP) is 1.34. The fraction of sp³-hybridized carbons (Fsp3) is 0.273. The van der Waals surface area contributed by atoms with E-state index < -0.39 is 27.9 Å². The summed E-state index contributed by atoms with van der Waals surface area (Å²) in [4.78, 5) is 10.1. The first kappa shape index (κ1) is 14.0. The summed E-state index contributed by atoms with van der Waals surface area (Å²) in [5.41, 5.74) is 4.69. The van der Waals surface area contributed by atoms with E-state index in [9.17, 15) is 18.9 Å². The molecular weight excluding hydrogens is 272 g/mol. The minimum atomic E-state index is -1.34. The molecule has 0 unspecified atom stereocenters. The van der Waals surface area contributed by atoms with Crippen molar-refractivity contribution < 1.29 is 13.7 Å². The zero-order valence-electron chi connectivity index (χ0n) is 10.3. The van der Waals surface area contributed by atoms with Crippen LogP contribution in [0.25, 0.3) is 5.69 Å². The number of hydrogen-bond donors (Lipinski definition) is 1. The van der Waals surface area contributed by atoms with E-state index in [0.717, 1.165) is 10.7 Å². The predicted molar refractivity (Wildman–Crippen MR) is 65.3 cm³/mol. The zero-order valence-corrected chi connectivity index (χ0v) is 10.3. The molecule has 106 valence electrons. The summed E-state index contributed by atoms with van der Waals surface area (Å²) >= 11 is 0. The van der Waals surface area contributed by atoms with Gasteiger partial charge in [-0.15, -0.1) is 5.10 Å². The first-order valence-corrected chi connectivity index (χ1v) is 5.78. The van der Waals surface area contributed by atoms with E-state index in [1.54, 1.807) is 0 Å². The zero-order chi connectivity index (χ0) is 14.7. The summed E-state index contributed by atoms with van der Waals surface area (Å²) in [6.07, 6.45) is 2.47. The van der Waals surface area contributed by atoms with E-state index in [-0.39, 0.29) is 0 Å². The number of benzene rings is 1. The fourth-order valence-corrected chi connectivity index (χ4v) is 1.70. The number of nitrogens with zero attached hydrogens (tertiary/aromatic N) is 4. The lowest BCUT2D eigenvalue weighted by molar-refractivity contribution is -0.384. The molecule has 0 aliphatic heterocycles. The van der Waals surface area contributed by atoms with E-state index in [2.05, 4.69) is 10.3 Å². The maximum absolute atomic E-state index is 13.8. The molecule has 0 fully saturated rings. The van der Waals surface area contributed by atoms with Crippen LogP contribution in [0.3, 0.4) is 0 Å². The summed E-state index contributed by atoms with van der Waals surface area (Å²) in [5, 5.41) is 18.2. The monoisotopic (exact) mass is 283 g/mol. The molecule has 0 aliphatic carbocycles. The SMILES string of the molecule is NCCCc1cn(-c2c([N+](=O)[O-])ccc(F)c2F)nn1. The lowest BCUT2D eigenvalue weighted by Gasteiger charge is -2.04. The molecule has 2 aromatic rings. The molecule has 0 saturated carbocycles. The molecule has 0 spiro atoms. The number of nitro benzene ring substituents is 1. The van der Waals surface area contributed by atoms with Gasteiger partial charge in [0.25, 0.3) is 5.69 Å². The fourth-order valence-electron chi connectivity index (χ4n) is 1.70. The van der Waals surface area contributed by atoms with E-state index in [1.165, 1.54) is 6.20 Å². The van der Waals surface area contributed by atoms with Gasteiger partial charge in [-0.2, -0.15) is 0 Å². The van der Waals surface area contributed by atoms with Crippen LogP contribution in [0.4, 0.5) is 14.5 Å². The Hall–Kier alpha value is -2.42. The lowest BCUT2D eigenvalue weighted by Crippen LogP contribution is -2.05.